The summed E-state index contributed by atoms with van der Waals surface area (Å²) >= 11 is 0. The van der Waals surface area contributed by atoms with E-state index < -0.39 is 11.7 Å². The molecule has 4 nitrogen and oxygen atoms in total. The van der Waals surface area contributed by atoms with Crippen LogP contribution in [0.15, 0.2) is 18.2 Å². The molecule has 5 heteroatoms. The van der Waals surface area contributed by atoms with Gasteiger partial charge in [-0.05, 0) is 36.8 Å². The van der Waals surface area contributed by atoms with Gasteiger partial charge in [0, 0.05) is 19.2 Å². The lowest BCUT2D eigenvalue weighted by Gasteiger charge is -2.30. The molecule has 0 spiro atoms. The summed E-state index contributed by atoms with van der Waals surface area (Å²) in [5.41, 5.74) is 0.0720. The monoisotopic (exact) mass is 281 g/mol. The standard InChI is InChI=1S/C15H20FNO3/c16-12-5-6-13(14(19)7-12)15(20)17-8-10-3-1-2-4-11(10)9-18/h5-7,10-11,18-19H,1-4,8-9H2,(H,17,20). The molecule has 1 aliphatic carbocycles. The van der Waals surface area contributed by atoms with Gasteiger partial charge in [-0.2, -0.15) is 0 Å². The van der Waals surface area contributed by atoms with Crippen molar-refractivity contribution in [1.29, 1.82) is 0 Å². The molecule has 0 heterocycles. The minimum Gasteiger partial charge on any atom is -0.507 e. The molecular weight excluding hydrogens is 261 g/mol. The number of aliphatic hydroxyl groups excluding tert-OH is 1. The number of hydrogen-bond donors (Lipinski definition) is 3. The van der Waals surface area contributed by atoms with Gasteiger partial charge in [-0.1, -0.05) is 12.8 Å². The van der Waals surface area contributed by atoms with Crippen LogP contribution in [0.2, 0.25) is 0 Å². The van der Waals surface area contributed by atoms with Crippen LogP contribution in [0.5, 0.6) is 5.75 Å². The van der Waals surface area contributed by atoms with E-state index in [0.29, 0.717) is 6.54 Å². The largest absolute Gasteiger partial charge is 0.507 e. The molecular formula is C15H20FNO3. The number of hydrogen-bond acceptors (Lipinski definition) is 3. The van der Waals surface area contributed by atoms with Gasteiger partial charge in [0.1, 0.15) is 11.6 Å². The van der Waals surface area contributed by atoms with Crippen LogP contribution in [0, 0.1) is 17.7 Å². The Hall–Kier alpha value is -1.62. The van der Waals surface area contributed by atoms with E-state index in [9.17, 15) is 19.4 Å². The SMILES string of the molecule is O=C(NCC1CCCCC1CO)c1ccc(F)cc1O. The van der Waals surface area contributed by atoms with Crippen molar-refractivity contribution in [3.63, 3.8) is 0 Å². The lowest BCUT2D eigenvalue weighted by Crippen LogP contribution is -2.35. The van der Waals surface area contributed by atoms with Crippen molar-refractivity contribution in [1.82, 2.24) is 5.32 Å². The maximum atomic E-state index is 12.9. The highest BCUT2D eigenvalue weighted by Crippen LogP contribution is 2.29. The third kappa shape index (κ3) is 3.48. The first-order chi connectivity index (χ1) is 9.61. The summed E-state index contributed by atoms with van der Waals surface area (Å²) in [6.07, 6.45) is 4.20. The Morgan fingerprint density at radius 1 is 1.30 bits per heavy atom. The molecule has 1 aromatic carbocycles. The molecule has 2 atom stereocenters. The predicted molar refractivity (Wildman–Crippen MR) is 72.9 cm³/mol. The van der Waals surface area contributed by atoms with Crippen molar-refractivity contribution in [3.8, 4) is 5.75 Å². The summed E-state index contributed by atoms with van der Waals surface area (Å²) < 4.78 is 12.9. The summed E-state index contributed by atoms with van der Waals surface area (Å²) in [5, 5.41) is 21.6. The summed E-state index contributed by atoms with van der Waals surface area (Å²) in [7, 11) is 0. The topological polar surface area (TPSA) is 69.6 Å². The number of aromatic hydroxyl groups is 1. The van der Waals surface area contributed by atoms with Gasteiger partial charge < -0.3 is 15.5 Å². The van der Waals surface area contributed by atoms with E-state index in [-0.39, 0.29) is 29.8 Å². The van der Waals surface area contributed by atoms with Crippen LogP contribution in [-0.4, -0.2) is 29.3 Å². The summed E-state index contributed by atoms with van der Waals surface area (Å²) in [5.74, 6) is -0.854. The molecule has 3 N–H and O–H groups in total. The van der Waals surface area contributed by atoms with Gasteiger partial charge in [0.25, 0.3) is 5.91 Å². The zero-order chi connectivity index (χ0) is 14.5. The zero-order valence-electron chi connectivity index (χ0n) is 11.3. The van der Waals surface area contributed by atoms with E-state index in [1.165, 1.54) is 6.07 Å². The summed E-state index contributed by atoms with van der Waals surface area (Å²) in [6, 6.07) is 3.34. The average Bonchev–Trinajstić information content (AvgIpc) is 2.45. The number of halogens is 1. The van der Waals surface area contributed by atoms with Gasteiger partial charge in [-0.25, -0.2) is 4.39 Å². The van der Waals surface area contributed by atoms with Crippen LogP contribution in [0.25, 0.3) is 0 Å². The maximum Gasteiger partial charge on any atom is 0.255 e. The molecule has 1 aromatic rings. The number of nitrogens with one attached hydrogen (secondary N) is 1. The van der Waals surface area contributed by atoms with Crippen LogP contribution in [-0.2, 0) is 0 Å². The number of phenols is 1. The molecule has 0 bridgehead atoms. The molecule has 0 radical (unpaired) electrons. The maximum absolute atomic E-state index is 12.9. The number of benzene rings is 1. The molecule has 0 aromatic heterocycles. The summed E-state index contributed by atoms with van der Waals surface area (Å²) in [4.78, 5) is 12.0. The Labute approximate surface area is 117 Å². The highest BCUT2D eigenvalue weighted by Gasteiger charge is 2.25. The minimum absolute atomic E-state index is 0.0720. The zero-order valence-corrected chi connectivity index (χ0v) is 11.3. The van der Waals surface area contributed by atoms with Gasteiger partial charge in [0.15, 0.2) is 0 Å². The predicted octanol–water partition coefficient (Wildman–Crippen LogP) is 2.06. The molecule has 2 unspecified atom stereocenters. The Kier molecular flexibility index (Phi) is 4.95. The number of phenolic OH excluding ortho intramolecular Hbond substituents is 1. The first-order valence-corrected chi connectivity index (χ1v) is 6.99. The van der Waals surface area contributed by atoms with Crippen LogP contribution in [0.1, 0.15) is 36.0 Å². The molecule has 1 amide bonds. The fraction of sp³-hybridized carbons (Fsp3) is 0.533. The van der Waals surface area contributed by atoms with Crippen LogP contribution in [0.4, 0.5) is 4.39 Å². The second kappa shape index (κ2) is 6.70. The number of amides is 1. The number of rotatable bonds is 4. The molecule has 1 aliphatic rings. The minimum atomic E-state index is -0.577. The Bertz CT molecular complexity index is 478. The third-order valence-electron chi connectivity index (χ3n) is 4.03. The van der Waals surface area contributed by atoms with E-state index in [2.05, 4.69) is 5.32 Å². The Morgan fingerprint density at radius 2 is 2.00 bits per heavy atom. The van der Waals surface area contributed by atoms with E-state index in [1.807, 2.05) is 0 Å². The molecule has 0 saturated heterocycles. The van der Waals surface area contributed by atoms with Crippen molar-refractivity contribution in [2.45, 2.75) is 25.7 Å². The highest BCUT2D eigenvalue weighted by atomic mass is 19.1. The Balaban J connectivity index is 1.94. The number of carbonyl (C=O) groups is 1. The first-order valence-electron chi connectivity index (χ1n) is 6.99. The van der Waals surface area contributed by atoms with E-state index in [4.69, 9.17) is 0 Å². The second-order valence-electron chi connectivity index (χ2n) is 5.36. The number of carbonyl (C=O) groups excluding carboxylic acids is 1. The molecule has 1 saturated carbocycles. The van der Waals surface area contributed by atoms with Gasteiger partial charge in [-0.15, -0.1) is 0 Å². The van der Waals surface area contributed by atoms with Crippen molar-refractivity contribution in [2.24, 2.45) is 11.8 Å². The van der Waals surface area contributed by atoms with Crippen LogP contribution < -0.4 is 5.32 Å². The molecule has 1 fully saturated rings. The van der Waals surface area contributed by atoms with E-state index in [0.717, 1.165) is 37.8 Å². The van der Waals surface area contributed by atoms with E-state index in [1.54, 1.807) is 0 Å². The highest BCUT2D eigenvalue weighted by molar-refractivity contribution is 5.96. The third-order valence-corrected chi connectivity index (χ3v) is 4.03. The van der Waals surface area contributed by atoms with Crippen molar-refractivity contribution < 1.29 is 19.4 Å². The van der Waals surface area contributed by atoms with Crippen LogP contribution in [0.3, 0.4) is 0 Å². The molecule has 20 heavy (non-hydrogen) atoms. The first kappa shape index (κ1) is 14.8. The summed E-state index contributed by atoms with van der Waals surface area (Å²) in [6.45, 7) is 0.614. The normalized spacial score (nSPS) is 22.5. The molecule has 0 aliphatic heterocycles. The average molecular weight is 281 g/mol. The smallest absolute Gasteiger partial charge is 0.255 e. The Morgan fingerprint density at radius 3 is 2.65 bits per heavy atom. The van der Waals surface area contributed by atoms with Gasteiger partial charge in [-0.3, -0.25) is 4.79 Å². The number of aliphatic hydroxyl groups is 1. The second-order valence-corrected chi connectivity index (χ2v) is 5.36. The van der Waals surface area contributed by atoms with Crippen molar-refractivity contribution in [3.05, 3.63) is 29.6 Å². The van der Waals surface area contributed by atoms with Gasteiger partial charge in [0.05, 0.1) is 5.56 Å². The lowest BCUT2D eigenvalue weighted by molar-refractivity contribution is 0.0906. The molecule has 2 rings (SSSR count). The van der Waals surface area contributed by atoms with E-state index >= 15 is 0 Å². The van der Waals surface area contributed by atoms with Crippen molar-refractivity contribution >= 4 is 5.91 Å². The van der Waals surface area contributed by atoms with Gasteiger partial charge in [0.2, 0.25) is 0 Å². The van der Waals surface area contributed by atoms with Crippen molar-refractivity contribution in [2.75, 3.05) is 13.2 Å². The fourth-order valence-electron chi connectivity index (χ4n) is 2.81. The molecule has 110 valence electrons. The van der Waals surface area contributed by atoms with Crippen LogP contribution >= 0.6 is 0 Å². The van der Waals surface area contributed by atoms with Gasteiger partial charge >= 0.3 is 0 Å². The quantitative estimate of drug-likeness (QED) is 0.791. The lowest BCUT2D eigenvalue weighted by atomic mass is 9.79. The fourth-order valence-corrected chi connectivity index (χ4v) is 2.81.